The molecule has 0 bridgehead atoms. The van der Waals surface area contributed by atoms with Crippen LogP contribution in [0.15, 0.2) is 29.4 Å². The first kappa shape index (κ1) is 21.7. The van der Waals surface area contributed by atoms with E-state index in [1.54, 1.807) is 10.8 Å². The molecule has 4 nitrogen and oxygen atoms in total. The van der Waals surface area contributed by atoms with E-state index in [9.17, 15) is 27.5 Å². The number of amides is 1. The highest BCUT2D eigenvalue weighted by atomic mass is 32.1. The van der Waals surface area contributed by atoms with Crippen LogP contribution in [0.25, 0.3) is 0 Å². The van der Waals surface area contributed by atoms with Crippen LogP contribution in [-0.2, 0) is 18.1 Å². The van der Waals surface area contributed by atoms with Gasteiger partial charge in [0.15, 0.2) is 4.80 Å². The zero-order chi connectivity index (χ0) is 21.6. The molecular weight excluding hydrogens is 408 g/mol. The molecule has 9 heteroatoms. The van der Waals surface area contributed by atoms with Gasteiger partial charge in [0.1, 0.15) is 5.82 Å². The van der Waals surface area contributed by atoms with Crippen LogP contribution >= 0.6 is 11.3 Å². The van der Waals surface area contributed by atoms with Crippen molar-refractivity contribution in [2.24, 2.45) is 4.99 Å². The zero-order valence-electron chi connectivity index (χ0n) is 16.3. The van der Waals surface area contributed by atoms with Crippen LogP contribution in [-0.4, -0.2) is 21.2 Å². The lowest BCUT2D eigenvalue weighted by Crippen LogP contribution is -2.42. The number of halogens is 4. The molecule has 158 valence electrons. The standard InChI is InChI=1S/C20H22F4N2O2S/c1-18(2,3)15-10-26(11-19(28)7-4-8-19)17(29-15)25-16(27)13-9-12(20(22,23)24)5-6-14(13)21/h5-6,9-10,28H,4,7-8,11H2,1-3H3. The molecule has 2 aromatic rings. The van der Waals surface area contributed by atoms with Gasteiger partial charge in [0.25, 0.3) is 5.91 Å². The molecule has 1 heterocycles. The summed E-state index contributed by atoms with van der Waals surface area (Å²) in [6, 6.07) is 1.68. The third-order valence-electron chi connectivity index (χ3n) is 4.93. The molecule has 1 aliphatic rings. The van der Waals surface area contributed by atoms with Gasteiger partial charge in [-0.25, -0.2) is 4.39 Å². The van der Waals surface area contributed by atoms with Gasteiger partial charge in [-0.2, -0.15) is 18.2 Å². The third kappa shape index (κ3) is 4.78. The number of carbonyl (C=O) groups excluding carboxylic acids is 1. The first-order valence-corrected chi connectivity index (χ1v) is 9.99. The molecular formula is C20H22F4N2O2S. The van der Waals surface area contributed by atoms with E-state index in [1.165, 1.54) is 11.3 Å². The highest BCUT2D eigenvalue weighted by Gasteiger charge is 2.35. The van der Waals surface area contributed by atoms with E-state index in [1.807, 2.05) is 20.8 Å². The van der Waals surface area contributed by atoms with Gasteiger partial charge in [-0.3, -0.25) is 4.79 Å². The molecule has 0 saturated heterocycles. The van der Waals surface area contributed by atoms with Crippen LogP contribution in [0.3, 0.4) is 0 Å². The second-order valence-electron chi connectivity index (χ2n) is 8.44. The molecule has 0 radical (unpaired) electrons. The van der Waals surface area contributed by atoms with Gasteiger partial charge in [-0.15, -0.1) is 11.3 Å². The van der Waals surface area contributed by atoms with Crippen molar-refractivity contribution in [1.82, 2.24) is 4.57 Å². The largest absolute Gasteiger partial charge is 0.416 e. The summed E-state index contributed by atoms with van der Waals surface area (Å²) in [5.74, 6) is -2.16. The Balaban J connectivity index is 2.05. The second kappa shape index (κ2) is 7.36. The summed E-state index contributed by atoms with van der Waals surface area (Å²) in [4.78, 5) is 17.6. The van der Waals surface area contributed by atoms with Crippen molar-refractivity contribution in [3.8, 4) is 0 Å². The van der Waals surface area contributed by atoms with E-state index in [0.29, 0.717) is 31.0 Å². The molecule has 1 fully saturated rings. The highest BCUT2D eigenvalue weighted by molar-refractivity contribution is 7.09. The maximum Gasteiger partial charge on any atom is 0.416 e. The Morgan fingerprint density at radius 1 is 1.28 bits per heavy atom. The van der Waals surface area contributed by atoms with E-state index in [0.717, 1.165) is 11.3 Å². The van der Waals surface area contributed by atoms with Crippen LogP contribution in [0, 0.1) is 5.82 Å². The van der Waals surface area contributed by atoms with Crippen molar-refractivity contribution < 1.29 is 27.5 Å². The van der Waals surface area contributed by atoms with Gasteiger partial charge in [0, 0.05) is 11.1 Å². The van der Waals surface area contributed by atoms with Crippen LogP contribution in [0.1, 0.15) is 60.8 Å². The van der Waals surface area contributed by atoms with Crippen molar-refractivity contribution in [2.45, 2.75) is 63.8 Å². The summed E-state index contributed by atoms with van der Waals surface area (Å²) in [7, 11) is 0. The molecule has 1 aromatic carbocycles. The topological polar surface area (TPSA) is 54.6 Å². The van der Waals surface area contributed by atoms with Crippen LogP contribution < -0.4 is 4.80 Å². The van der Waals surface area contributed by atoms with E-state index >= 15 is 0 Å². The fourth-order valence-electron chi connectivity index (χ4n) is 3.00. The smallest absolute Gasteiger partial charge is 0.388 e. The molecule has 3 rings (SSSR count). The Labute approximate surface area is 169 Å². The maximum absolute atomic E-state index is 14.0. The average molecular weight is 430 g/mol. The Morgan fingerprint density at radius 2 is 1.93 bits per heavy atom. The summed E-state index contributed by atoms with van der Waals surface area (Å²) in [6.07, 6.45) is -0.769. The van der Waals surface area contributed by atoms with Crippen molar-refractivity contribution in [3.05, 3.63) is 51.0 Å². The molecule has 1 saturated carbocycles. The van der Waals surface area contributed by atoms with E-state index in [4.69, 9.17) is 0 Å². The van der Waals surface area contributed by atoms with Crippen molar-refractivity contribution in [3.63, 3.8) is 0 Å². The fraction of sp³-hybridized carbons (Fsp3) is 0.500. The normalized spacial score (nSPS) is 17.3. The maximum atomic E-state index is 14.0. The minimum atomic E-state index is -4.70. The Bertz CT molecular complexity index is 995. The average Bonchev–Trinajstić information content (AvgIpc) is 2.95. The minimum Gasteiger partial charge on any atom is -0.388 e. The number of aliphatic hydroxyl groups is 1. The van der Waals surface area contributed by atoms with E-state index < -0.39 is 34.6 Å². The number of thiazole rings is 1. The summed E-state index contributed by atoms with van der Waals surface area (Å²) in [6.45, 7) is 6.13. The highest BCUT2D eigenvalue weighted by Crippen LogP contribution is 2.34. The number of hydrogen-bond donors (Lipinski definition) is 1. The minimum absolute atomic E-state index is 0.219. The lowest BCUT2D eigenvalue weighted by atomic mass is 9.80. The summed E-state index contributed by atoms with van der Waals surface area (Å²) in [5.41, 5.74) is -3.00. The zero-order valence-corrected chi connectivity index (χ0v) is 17.1. The summed E-state index contributed by atoms with van der Waals surface area (Å²) < 4.78 is 54.5. The molecule has 1 aromatic heterocycles. The lowest BCUT2D eigenvalue weighted by Gasteiger charge is -2.36. The number of aromatic nitrogens is 1. The number of rotatable bonds is 3. The van der Waals surface area contributed by atoms with E-state index in [2.05, 4.69) is 4.99 Å². The quantitative estimate of drug-likeness (QED) is 0.720. The van der Waals surface area contributed by atoms with E-state index in [-0.39, 0.29) is 16.8 Å². The molecule has 0 atom stereocenters. The van der Waals surface area contributed by atoms with Crippen LogP contribution in [0.4, 0.5) is 17.6 Å². The van der Waals surface area contributed by atoms with Gasteiger partial charge in [0.2, 0.25) is 0 Å². The van der Waals surface area contributed by atoms with Crippen molar-refractivity contribution in [2.75, 3.05) is 0 Å². The van der Waals surface area contributed by atoms with Gasteiger partial charge in [-0.1, -0.05) is 20.8 Å². The SMILES string of the molecule is CC(C)(C)c1cn(CC2(O)CCC2)c(=NC(=O)c2cc(C(F)(F)F)ccc2F)s1. The Hall–Kier alpha value is -2.00. The number of nitrogens with zero attached hydrogens (tertiary/aromatic N) is 2. The fourth-order valence-corrected chi connectivity index (χ4v) is 4.05. The first-order valence-electron chi connectivity index (χ1n) is 9.17. The Kier molecular flexibility index (Phi) is 5.51. The molecule has 0 aliphatic heterocycles. The molecule has 1 amide bonds. The molecule has 1 aliphatic carbocycles. The molecule has 0 spiro atoms. The molecule has 0 unspecified atom stereocenters. The van der Waals surface area contributed by atoms with Crippen LogP contribution in [0.2, 0.25) is 0 Å². The van der Waals surface area contributed by atoms with Crippen molar-refractivity contribution >= 4 is 17.2 Å². The van der Waals surface area contributed by atoms with Gasteiger partial charge >= 0.3 is 6.18 Å². The van der Waals surface area contributed by atoms with Gasteiger partial charge in [0.05, 0.1) is 23.3 Å². The summed E-state index contributed by atoms with van der Waals surface area (Å²) >= 11 is 1.20. The number of hydrogen-bond acceptors (Lipinski definition) is 3. The van der Waals surface area contributed by atoms with Gasteiger partial charge in [-0.05, 0) is 42.9 Å². The summed E-state index contributed by atoms with van der Waals surface area (Å²) in [5, 5.41) is 10.5. The number of alkyl halides is 3. The molecule has 29 heavy (non-hydrogen) atoms. The predicted molar refractivity (Wildman–Crippen MR) is 101 cm³/mol. The van der Waals surface area contributed by atoms with Crippen molar-refractivity contribution in [1.29, 1.82) is 0 Å². The third-order valence-corrected chi connectivity index (χ3v) is 6.38. The Morgan fingerprint density at radius 3 is 2.45 bits per heavy atom. The van der Waals surface area contributed by atoms with Gasteiger partial charge < -0.3 is 9.67 Å². The number of carbonyl (C=O) groups is 1. The number of benzene rings is 1. The monoisotopic (exact) mass is 430 g/mol. The first-order chi connectivity index (χ1) is 13.3. The molecule has 1 N–H and O–H groups in total. The predicted octanol–water partition coefficient (Wildman–Crippen LogP) is 4.66. The lowest BCUT2D eigenvalue weighted by molar-refractivity contribution is -0.137. The second-order valence-corrected chi connectivity index (χ2v) is 9.45. The van der Waals surface area contributed by atoms with Crippen LogP contribution in [0.5, 0.6) is 0 Å².